The zero-order chi connectivity index (χ0) is 29.2. The maximum Gasteiger partial charge on any atom is 0.271 e. The molecule has 0 fully saturated rings. The largest absolute Gasteiger partial charge is 0.488 e. The van der Waals surface area contributed by atoms with Crippen LogP contribution in [0.5, 0.6) is 5.75 Å². The van der Waals surface area contributed by atoms with Gasteiger partial charge in [-0.05, 0) is 72.5 Å². The summed E-state index contributed by atoms with van der Waals surface area (Å²) in [5, 5.41) is 5.35. The number of anilines is 1. The number of thiazole rings is 1. The average molecular weight is 616 g/mol. The standard InChI is InChI=1S/C32H23ClFN3O3S2/c1-19-28(30(38)36-24-6-3-2-4-7-24)29(26-8-5-15-41-26)37-31(39)27(42-32(37)35-19)17-21-16-22(33)11-14-25(21)40-18-20-9-12-23(34)13-10-20/h2-17,29H,18H2,1H3,(H,36,38)/b27-17-/t29-/m0/s1. The van der Waals surface area contributed by atoms with Crippen molar-refractivity contribution in [3.8, 4) is 5.75 Å². The Bertz CT molecular complexity index is 1980. The SMILES string of the molecule is CC1=C(C(=O)Nc2ccccc2)[C@H](c2cccs2)n2c(s/c(=C\c3cc(Cl)ccc3OCc3ccc(F)cc3)c2=O)=N1. The molecule has 0 saturated carbocycles. The third kappa shape index (κ3) is 5.72. The highest BCUT2D eigenvalue weighted by Crippen LogP contribution is 2.33. The number of nitrogens with zero attached hydrogens (tertiary/aromatic N) is 2. The van der Waals surface area contributed by atoms with Gasteiger partial charge in [-0.15, -0.1) is 11.3 Å². The van der Waals surface area contributed by atoms with Crippen molar-refractivity contribution < 1.29 is 13.9 Å². The fraction of sp³-hybridized carbons (Fsp3) is 0.0938. The second-order valence-corrected chi connectivity index (χ2v) is 11.9. The van der Waals surface area contributed by atoms with Gasteiger partial charge >= 0.3 is 0 Å². The first-order valence-corrected chi connectivity index (χ1v) is 15.0. The fourth-order valence-corrected chi connectivity index (χ4v) is 6.74. The number of carbonyl (C=O) groups is 1. The molecule has 10 heteroatoms. The Balaban J connectivity index is 1.41. The molecule has 0 saturated heterocycles. The molecule has 0 aliphatic carbocycles. The summed E-state index contributed by atoms with van der Waals surface area (Å²) < 4.78 is 21.4. The van der Waals surface area contributed by atoms with E-state index in [0.717, 1.165) is 10.4 Å². The van der Waals surface area contributed by atoms with Gasteiger partial charge in [0.15, 0.2) is 4.80 Å². The van der Waals surface area contributed by atoms with Gasteiger partial charge in [0.05, 0.1) is 15.8 Å². The van der Waals surface area contributed by atoms with Crippen LogP contribution in [0.1, 0.15) is 29.0 Å². The normalized spacial score (nSPS) is 14.8. The molecule has 1 atom stereocenters. The molecule has 42 heavy (non-hydrogen) atoms. The highest BCUT2D eigenvalue weighted by atomic mass is 35.5. The minimum atomic E-state index is -0.638. The first kappa shape index (κ1) is 27.8. The van der Waals surface area contributed by atoms with Crippen molar-refractivity contribution >= 4 is 51.9 Å². The second kappa shape index (κ2) is 11.9. The number of aromatic nitrogens is 1. The third-order valence-corrected chi connectivity index (χ3v) is 8.82. The van der Waals surface area contributed by atoms with Gasteiger partial charge in [-0.25, -0.2) is 9.38 Å². The smallest absolute Gasteiger partial charge is 0.271 e. The van der Waals surface area contributed by atoms with Gasteiger partial charge in [-0.1, -0.05) is 59.3 Å². The van der Waals surface area contributed by atoms with E-state index < -0.39 is 6.04 Å². The Morgan fingerprint density at radius 3 is 2.62 bits per heavy atom. The number of halogens is 2. The van der Waals surface area contributed by atoms with Gasteiger partial charge in [-0.3, -0.25) is 14.2 Å². The van der Waals surface area contributed by atoms with Gasteiger partial charge in [0.1, 0.15) is 24.2 Å². The molecule has 0 spiro atoms. The van der Waals surface area contributed by atoms with Crippen LogP contribution in [0.25, 0.3) is 6.08 Å². The van der Waals surface area contributed by atoms with E-state index in [1.165, 1.54) is 34.8 Å². The summed E-state index contributed by atoms with van der Waals surface area (Å²) in [5.74, 6) is -0.122. The predicted molar refractivity (Wildman–Crippen MR) is 165 cm³/mol. The zero-order valence-electron chi connectivity index (χ0n) is 22.2. The fourth-order valence-electron chi connectivity index (χ4n) is 4.69. The molecule has 1 amide bonds. The van der Waals surface area contributed by atoms with Gasteiger partial charge in [0.2, 0.25) is 0 Å². The van der Waals surface area contributed by atoms with E-state index in [0.29, 0.717) is 42.6 Å². The van der Waals surface area contributed by atoms with Gasteiger partial charge in [-0.2, -0.15) is 0 Å². The lowest BCUT2D eigenvalue weighted by Crippen LogP contribution is -2.40. The molecule has 3 aromatic carbocycles. The monoisotopic (exact) mass is 615 g/mol. The van der Waals surface area contributed by atoms with Crippen molar-refractivity contribution in [2.75, 3.05) is 5.32 Å². The minimum absolute atomic E-state index is 0.210. The Morgan fingerprint density at radius 1 is 1.10 bits per heavy atom. The number of benzene rings is 3. The average Bonchev–Trinajstić information content (AvgIpc) is 3.62. The van der Waals surface area contributed by atoms with Crippen molar-refractivity contribution in [1.29, 1.82) is 0 Å². The Morgan fingerprint density at radius 2 is 1.88 bits per heavy atom. The number of para-hydroxylation sites is 1. The van der Waals surface area contributed by atoms with Crippen LogP contribution < -0.4 is 24.9 Å². The van der Waals surface area contributed by atoms with E-state index in [1.807, 2.05) is 47.8 Å². The first-order chi connectivity index (χ1) is 20.4. The van der Waals surface area contributed by atoms with Crippen LogP contribution in [0, 0.1) is 5.82 Å². The number of rotatable bonds is 7. The van der Waals surface area contributed by atoms with E-state index in [4.69, 9.17) is 21.3 Å². The second-order valence-electron chi connectivity index (χ2n) is 9.51. The van der Waals surface area contributed by atoms with E-state index >= 15 is 0 Å². The van der Waals surface area contributed by atoms with Crippen LogP contribution in [0.4, 0.5) is 10.1 Å². The highest BCUT2D eigenvalue weighted by Gasteiger charge is 2.33. The molecule has 210 valence electrons. The molecule has 1 N–H and O–H groups in total. The zero-order valence-corrected chi connectivity index (χ0v) is 24.6. The molecule has 3 heterocycles. The van der Waals surface area contributed by atoms with Crippen LogP contribution in [0.15, 0.2) is 111 Å². The summed E-state index contributed by atoms with van der Waals surface area (Å²) in [5.41, 5.74) is 2.73. The number of thiophene rings is 1. The van der Waals surface area contributed by atoms with Gasteiger partial charge in [0, 0.05) is 21.2 Å². The number of carbonyl (C=O) groups excluding carboxylic acids is 1. The predicted octanol–water partition coefficient (Wildman–Crippen LogP) is 6.31. The summed E-state index contributed by atoms with van der Waals surface area (Å²) in [6.07, 6.45) is 1.73. The van der Waals surface area contributed by atoms with Crippen molar-refractivity contribution in [1.82, 2.24) is 4.57 Å². The van der Waals surface area contributed by atoms with Crippen LogP contribution in [-0.4, -0.2) is 10.5 Å². The van der Waals surface area contributed by atoms with Crippen molar-refractivity contribution in [3.63, 3.8) is 0 Å². The summed E-state index contributed by atoms with van der Waals surface area (Å²) in [4.78, 5) is 33.6. The number of ether oxygens (including phenoxy) is 1. The molecule has 6 rings (SSSR count). The molecule has 0 unspecified atom stereocenters. The molecule has 1 aliphatic heterocycles. The number of nitrogens with one attached hydrogen (secondary N) is 1. The molecular weight excluding hydrogens is 593 g/mol. The number of fused-ring (bicyclic) bond motifs is 1. The molecule has 0 bridgehead atoms. The van der Waals surface area contributed by atoms with Crippen molar-refractivity contribution in [2.45, 2.75) is 19.6 Å². The topological polar surface area (TPSA) is 72.7 Å². The molecule has 2 aromatic heterocycles. The quantitative estimate of drug-likeness (QED) is 0.233. The first-order valence-electron chi connectivity index (χ1n) is 13.0. The van der Waals surface area contributed by atoms with E-state index in [2.05, 4.69) is 5.32 Å². The minimum Gasteiger partial charge on any atom is -0.488 e. The molecule has 1 aliphatic rings. The van der Waals surface area contributed by atoms with Crippen LogP contribution in [0.2, 0.25) is 5.02 Å². The molecule has 6 nitrogen and oxygen atoms in total. The Hall–Kier alpha value is -4.31. The molecular formula is C32H23ClFN3O3S2. The summed E-state index contributed by atoms with van der Waals surface area (Å²) in [7, 11) is 0. The third-order valence-electron chi connectivity index (χ3n) is 6.68. The lowest BCUT2D eigenvalue weighted by Gasteiger charge is -2.24. The lowest BCUT2D eigenvalue weighted by molar-refractivity contribution is -0.113. The Kier molecular flexibility index (Phi) is 7.88. The van der Waals surface area contributed by atoms with E-state index in [9.17, 15) is 14.0 Å². The highest BCUT2D eigenvalue weighted by molar-refractivity contribution is 7.10. The number of hydrogen-bond acceptors (Lipinski definition) is 6. The number of hydrogen-bond donors (Lipinski definition) is 1. The summed E-state index contributed by atoms with van der Waals surface area (Å²) in [6.45, 7) is 2.00. The maximum atomic E-state index is 14.0. The van der Waals surface area contributed by atoms with Gasteiger partial charge < -0.3 is 10.1 Å². The van der Waals surface area contributed by atoms with Crippen LogP contribution in [0.3, 0.4) is 0 Å². The number of allylic oxidation sites excluding steroid dienone is 1. The Labute approximate surface area is 253 Å². The van der Waals surface area contributed by atoms with Crippen LogP contribution >= 0.6 is 34.3 Å². The van der Waals surface area contributed by atoms with Gasteiger partial charge in [0.25, 0.3) is 11.5 Å². The summed E-state index contributed by atoms with van der Waals surface area (Å²) in [6, 6.07) is 23.6. The van der Waals surface area contributed by atoms with Crippen molar-refractivity contribution in [3.05, 3.63) is 148 Å². The van der Waals surface area contributed by atoms with Crippen molar-refractivity contribution in [2.24, 2.45) is 4.99 Å². The maximum absolute atomic E-state index is 14.0. The number of amides is 1. The lowest BCUT2D eigenvalue weighted by atomic mass is 10.0. The summed E-state index contributed by atoms with van der Waals surface area (Å²) >= 11 is 9.03. The molecule has 0 radical (unpaired) electrons. The van der Waals surface area contributed by atoms with Crippen LogP contribution in [-0.2, 0) is 11.4 Å². The van der Waals surface area contributed by atoms with E-state index in [1.54, 1.807) is 47.9 Å². The molecule has 5 aromatic rings. The van der Waals surface area contributed by atoms with E-state index in [-0.39, 0.29) is 23.9 Å².